The van der Waals surface area contributed by atoms with Crippen LogP contribution in [-0.2, 0) is 10.0 Å². The summed E-state index contributed by atoms with van der Waals surface area (Å²) in [5, 5.41) is -0.602. The van der Waals surface area contributed by atoms with Crippen LogP contribution in [0.5, 0.6) is 0 Å². The minimum atomic E-state index is -3.74. The van der Waals surface area contributed by atoms with Crippen molar-refractivity contribution >= 4 is 74.1 Å². The Balaban J connectivity index is 3.13. The summed E-state index contributed by atoms with van der Waals surface area (Å²) < 4.78 is 22.6. The minimum absolute atomic E-state index is 0.365. The molecule has 0 fully saturated rings. The van der Waals surface area contributed by atoms with Crippen LogP contribution < -0.4 is 3.71 Å². The van der Waals surface area contributed by atoms with Gasteiger partial charge in [0, 0.05) is 11.9 Å². The molecule has 0 radical (unpaired) electrons. The molecule has 0 heterocycles. The second-order valence-corrected chi connectivity index (χ2v) is 9.57. The van der Waals surface area contributed by atoms with Gasteiger partial charge in [0.05, 0.1) is 5.69 Å². The minimum Gasteiger partial charge on any atom is -0.207 e. The smallest absolute Gasteiger partial charge is 0.207 e. The van der Waals surface area contributed by atoms with E-state index >= 15 is 0 Å². The summed E-state index contributed by atoms with van der Waals surface area (Å²) in [5.74, 6) is 0. The van der Waals surface area contributed by atoms with Crippen LogP contribution in [0.15, 0.2) is 30.3 Å². The highest BCUT2D eigenvalue weighted by molar-refractivity contribution is 8.17. The molecule has 17 heavy (non-hydrogen) atoms. The first-order chi connectivity index (χ1) is 7.76. The Bertz CT molecular complexity index is 460. The quantitative estimate of drug-likeness (QED) is 0.605. The zero-order valence-corrected chi connectivity index (χ0v) is 12.8. The van der Waals surface area contributed by atoms with Crippen molar-refractivity contribution in [2.45, 2.75) is 3.12 Å². The largest absolute Gasteiger partial charge is 0.258 e. The van der Waals surface area contributed by atoms with Crippen molar-refractivity contribution in [3.63, 3.8) is 0 Å². The molecule has 0 aliphatic rings. The third-order valence-electron chi connectivity index (χ3n) is 1.54. The Labute approximate surface area is 124 Å². The van der Waals surface area contributed by atoms with Crippen LogP contribution in [0.25, 0.3) is 0 Å². The standard InChI is InChI=1S/C8H7Cl4NO2S2/c9-6-17(14,15)13(16-8(10,11)12)7-4-2-1-3-5-7/h1-5H,6H2. The van der Waals surface area contributed by atoms with E-state index in [1.54, 1.807) is 30.3 Å². The van der Waals surface area contributed by atoms with Crippen molar-refractivity contribution in [1.29, 1.82) is 0 Å². The van der Waals surface area contributed by atoms with Crippen molar-refractivity contribution in [2.75, 3.05) is 8.92 Å². The van der Waals surface area contributed by atoms with E-state index in [0.717, 1.165) is 3.71 Å². The number of para-hydroxylation sites is 1. The van der Waals surface area contributed by atoms with Crippen LogP contribution in [-0.4, -0.2) is 16.8 Å². The highest BCUT2D eigenvalue weighted by Crippen LogP contribution is 2.44. The molecule has 96 valence electrons. The normalized spacial score (nSPS) is 12.5. The monoisotopic (exact) mass is 353 g/mol. The fourth-order valence-corrected chi connectivity index (χ4v) is 4.31. The predicted molar refractivity (Wildman–Crippen MR) is 76.4 cm³/mol. The molecular formula is C8H7Cl4NO2S2. The average molecular weight is 355 g/mol. The van der Waals surface area contributed by atoms with E-state index in [1.165, 1.54) is 0 Å². The Morgan fingerprint density at radius 1 is 1.18 bits per heavy atom. The number of halogens is 4. The molecule has 0 saturated carbocycles. The van der Waals surface area contributed by atoms with Crippen LogP contribution in [0.2, 0.25) is 0 Å². The molecule has 0 aliphatic heterocycles. The van der Waals surface area contributed by atoms with Crippen molar-refractivity contribution < 1.29 is 8.42 Å². The zero-order valence-electron chi connectivity index (χ0n) is 8.19. The lowest BCUT2D eigenvalue weighted by Gasteiger charge is -2.24. The summed E-state index contributed by atoms with van der Waals surface area (Å²) in [7, 11) is -3.74. The molecule has 1 rings (SSSR count). The fraction of sp³-hybridized carbons (Fsp3) is 0.250. The highest BCUT2D eigenvalue weighted by atomic mass is 35.6. The Kier molecular flexibility index (Phi) is 5.56. The SMILES string of the molecule is O=S(=O)(CCl)N(SC(Cl)(Cl)Cl)c1ccccc1. The van der Waals surface area contributed by atoms with Gasteiger partial charge in [0.1, 0.15) is 5.21 Å². The summed E-state index contributed by atoms with van der Waals surface area (Å²) >= 11 is 22.7. The van der Waals surface area contributed by atoms with Gasteiger partial charge in [-0.1, -0.05) is 53.0 Å². The number of anilines is 1. The molecule has 1 aromatic rings. The number of rotatable bonds is 4. The number of benzene rings is 1. The molecule has 1 aromatic carbocycles. The van der Waals surface area contributed by atoms with Crippen molar-refractivity contribution in [3.05, 3.63) is 30.3 Å². The number of sulfonamides is 1. The first-order valence-corrected chi connectivity index (χ1v) is 8.21. The van der Waals surface area contributed by atoms with Crippen LogP contribution in [0, 0.1) is 0 Å². The predicted octanol–water partition coefficient (Wildman–Crippen LogP) is 4.00. The summed E-state index contributed by atoms with van der Waals surface area (Å²) in [6.45, 7) is 0. The molecule has 3 nitrogen and oxygen atoms in total. The lowest BCUT2D eigenvalue weighted by Crippen LogP contribution is -2.27. The van der Waals surface area contributed by atoms with Gasteiger partial charge in [-0.2, -0.15) is 0 Å². The third-order valence-corrected chi connectivity index (χ3v) is 5.47. The van der Waals surface area contributed by atoms with Crippen molar-refractivity contribution in [1.82, 2.24) is 0 Å². The van der Waals surface area contributed by atoms with Gasteiger partial charge in [-0.15, -0.1) is 11.6 Å². The second kappa shape index (κ2) is 6.08. The van der Waals surface area contributed by atoms with E-state index < -0.39 is 18.4 Å². The van der Waals surface area contributed by atoms with Crippen LogP contribution in [0.3, 0.4) is 0 Å². The molecule has 0 bridgehead atoms. The van der Waals surface area contributed by atoms with Crippen molar-refractivity contribution in [3.8, 4) is 0 Å². The molecule has 0 aromatic heterocycles. The number of hydrogen-bond acceptors (Lipinski definition) is 3. The molecule has 9 heteroatoms. The van der Waals surface area contributed by atoms with Gasteiger partial charge in [0.2, 0.25) is 0 Å². The maximum absolute atomic E-state index is 11.8. The van der Waals surface area contributed by atoms with Gasteiger partial charge in [0.15, 0.2) is 0 Å². The number of nitrogens with zero attached hydrogens (tertiary/aromatic N) is 1. The van der Waals surface area contributed by atoms with Gasteiger partial charge in [-0.25, -0.2) is 12.1 Å². The molecule has 0 unspecified atom stereocenters. The van der Waals surface area contributed by atoms with Gasteiger partial charge < -0.3 is 0 Å². The summed E-state index contributed by atoms with van der Waals surface area (Å²) in [5.41, 5.74) is 0.365. The summed E-state index contributed by atoms with van der Waals surface area (Å²) in [4.78, 5) is 0. The maximum atomic E-state index is 11.8. The van der Waals surface area contributed by atoms with Crippen LogP contribution in [0.4, 0.5) is 5.69 Å². The number of hydrogen-bond donors (Lipinski definition) is 0. The zero-order chi connectivity index (χ0) is 13.1. The average Bonchev–Trinajstić information content (AvgIpc) is 2.26. The van der Waals surface area contributed by atoms with Gasteiger partial charge >= 0.3 is 0 Å². The molecular weight excluding hydrogens is 348 g/mol. The lowest BCUT2D eigenvalue weighted by atomic mass is 10.3. The third kappa shape index (κ3) is 4.93. The van der Waals surface area contributed by atoms with Crippen LogP contribution >= 0.6 is 58.4 Å². The number of alkyl halides is 4. The molecule has 0 atom stereocenters. The molecule has 0 spiro atoms. The van der Waals surface area contributed by atoms with E-state index in [-0.39, 0.29) is 0 Å². The van der Waals surface area contributed by atoms with E-state index in [4.69, 9.17) is 46.4 Å². The van der Waals surface area contributed by atoms with Crippen molar-refractivity contribution in [2.24, 2.45) is 0 Å². The molecule has 0 saturated heterocycles. The first-order valence-electron chi connectivity index (χ1n) is 4.16. The Morgan fingerprint density at radius 3 is 2.12 bits per heavy atom. The molecule has 0 N–H and O–H groups in total. The van der Waals surface area contributed by atoms with E-state index in [1.807, 2.05) is 0 Å². The Hall–Kier alpha value is 0.480. The second-order valence-electron chi connectivity index (χ2n) is 2.82. The van der Waals surface area contributed by atoms with Crippen LogP contribution in [0.1, 0.15) is 0 Å². The molecule has 0 amide bonds. The fourth-order valence-electron chi connectivity index (χ4n) is 0.958. The highest BCUT2D eigenvalue weighted by Gasteiger charge is 2.32. The van der Waals surface area contributed by atoms with E-state index in [9.17, 15) is 8.42 Å². The molecule has 0 aliphatic carbocycles. The van der Waals surface area contributed by atoms with Gasteiger partial charge in [0.25, 0.3) is 13.1 Å². The van der Waals surface area contributed by atoms with E-state index in [2.05, 4.69) is 0 Å². The summed E-state index contributed by atoms with van der Waals surface area (Å²) in [6.07, 6.45) is 0. The van der Waals surface area contributed by atoms with Gasteiger partial charge in [-0.05, 0) is 12.1 Å². The maximum Gasteiger partial charge on any atom is 0.258 e. The first kappa shape index (κ1) is 15.5. The van der Waals surface area contributed by atoms with Gasteiger partial charge in [-0.3, -0.25) is 0 Å². The Morgan fingerprint density at radius 2 is 1.71 bits per heavy atom. The lowest BCUT2D eigenvalue weighted by molar-refractivity contribution is 0.602. The van der Waals surface area contributed by atoms with E-state index in [0.29, 0.717) is 17.6 Å². The topological polar surface area (TPSA) is 37.4 Å². The summed E-state index contributed by atoms with van der Waals surface area (Å²) in [6, 6.07) is 8.24.